The van der Waals surface area contributed by atoms with Crippen molar-refractivity contribution in [2.24, 2.45) is 16.3 Å². The minimum Gasteiger partial charge on any atom is -0.364 e. The summed E-state index contributed by atoms with van der Waals surface area (Å²) in [7, 11) is -3.37. The van der Waals surface area contributed by atoms with E-state index in [1.807, 2.05) is 0 Å². The van der Waals surface area contributed by atoms with E-state index in [1.165, 1.54) is 31.9 Å². The second kappa shape index (κ2) is 8.86. The first-order valence-electron chi connectivity index (χ1n) is 9.93. The van der Waals surface area contributed by atoms with E-state index < -0.39 is 10.0 Å². The number of aliphatic imine (C=N–C) groups is 1. The van der Waals surface area contributed by atoms with Gasteiger partial charge in [-0.3, -0.25) is 4.99 Å². The number of hydrogen-bond donors (Lipinski definition) is 1. The fourth-order valence-electron chi connectivity index (χ4n) is 3.98. The summed E-state index contributed by atoms with van der Waals surface area (Å²) < 4.78 is 31.5. The third-order valence-electron chi connectivity index (χ3n) is 5.97. The molecule has 2 heterocycles. The van der Waals surface area contributed by atoms with Crippen LogP contribution in [0.4, 0.5) is 0 Å². The van der Waals surface area contributed by atoms with Crippen molar-refractivity contribution < 1.29 is 12.9 Å². The van der Waals surface area contributed by atoms with E-state index in [0.717, 1.165) is 25.0 Å². The molecule has 0 aromatic carbocycles. The molecular formula is C18H30IN5O3S. The standard InChI is InChI=1S/C18H29N5O3S.HI/c1-2-19-17(20-14-18(6-7-18)15-3-4-15)22-8-10-23(11-9-22)27(24,25)13-16-5-12-26-21-16;/h5,12,15H,2-4,6-11,13-14H2,1H3,(H,19,20);1H. The van der Waals surface area contributed by atoms with Gasteiger partial charge in [0.15, 0.2) is 5.96 Å². The zero-order chi connectivity index (χ0) is 18.9. The van der Waals surface area contributed by atoms with Gasteiger partial charge in [-0.25, -0.2) is 8.42 Å². The molecule has 8 nitrogen and oxygen atoms in total. The number of halogens is 1. The topological polar surface area (TPSA) is 91.0 Å². The SMILES string of the molecule is CCNC(=NCC1(C2CC2)CC1)N1CCN(S(=O)(=O)Cc2ccon2)CC1.I. The second-order valence-electron chi connectivity index (χ2n) is 7.94. The molecule has 0 atom stereocenters. The second-order valence-corrected chi connectivity index (χ2v) is 9.91. The minimum absolute atomic E-state index is 0. The molecule has 0 bridgehead atoms. The Balaban J connectivity index is 0.00000225. The molecule has 0 radical (unpaired) electrons. The molecular weight excluding hydrogens is 493 g/mol. The van der Waals surface area contributed by atoms with Crippen LogP contribution in [0.15, 0.2) is 21.8 Å². The van der Waals surface area contributed by atoms with Crippen molar-refractivity contribution in [2.75, 3.05) is 39.3 Å². The van der Waals surface area contributed by atoms with Gasteiger partial charge in [0.1, 0.15) is 12.0 Å². The van der Waals surface area contributed by atoms with Crippen molar-refractivity contribution in [1.82, 2.24) is 19.7 Å². The monoisotopic (exact) mass is 523 g/mol. The predicted molar refractivity (Wildman–Crippen MR) is 118 cm³/mol. The molecule has 3 aliphatic rings. The van der Waals surface area contributed by atoms with Crippen LogP contribution in [-0.2, 0) is 15.8 Å². The molecule has 1 aromatic rings. The summed E-state index contributed by atoms with van der Waals surface area (Å²) in [4.78, 5) is 7.11. The Bertz CT molecular complexity index is 767. The van der Waals surface area contributed by atoms with Gasteiger partial charge in [-0.05, 0) is 43.9 Å². The van der Waals surface area contributed by atoms with E-state index in [4.69, 9.17) is 9.52 Å². The lowest BCUT2D eigenvalue weighted by atomic mass is 10.0. The Hall–Kier alpha value is -0.880. The van der Waals surface area contributed by atoms with Gasteiger partial charge in [-0.1, -0.05) is 5.16 Å². The summed E-state index contributed by atoms with van der Waals surface area (Å²) in [6.07, 6.45) is 6.77. The molecule has 1 N–H and O–H groups in total. The number of nitrogens with one attached hydrogen (secondary N) is 1. The van der Waals surface area contributed by atoms with Gasteiger partial charge >= 0.3 is 0 Å². The number of hydrogen-bond acceptors (Lipinski definition) is 5. The fraction of sp³-hybridized carbons (Fsp3) is 0.778. The highest BCUT2D eigenvalue weighted by Crippen LogP contribution is 2.61. The highest BCUT2D eigenvalue weighted by Gasteiger charge is 2.53. The molecule has 1 aromatic heterocycles. The summed E-state index contributed by atoms with van der Waals surface area (Å²) >= 11 is 0. The van der Waals surface area contributed by atoms with Crippen LogP contribution in [0, 0.1) is 11.3 Å². The van der Waals surface area contributed by atoms with E-state index in [9.17, 15) is 8.42 Å². The number of rotatable bonds is 7. The molecule has 2 aliphatic carbocycles. The van der Waals surface area contributed by atoms with Crippen molar-refractivity contribution >= 4 is 40.0 Å². The Morgan fingerprint density at radius 1 is 1.32 bits per heavy atom. The highest BCUT2D eigenvalue weighted by atomic mass is 127. The Kier molecular flexibility index (Phi) is 6.91. The lowest BCUT2D eigenvalue weighted by Crippen LogP contribution is -2.54. The van der Waals surface area contributed by atoms with Gasteiger partial charge in [0, 0.05) is 45.3 Å². The predicted octanol–water partition coefficient (Wildman–Crippen LogP) is 1.90. The van der Waals surface area contributed by atoms with Gasteiger partial charge < -0.3 is 14.7 Å². The van der Waals surface area contributed by atoms with Crippen molar-refractivity contribution in [2.45, 2.75) is 38.4 Å². The number of piperazine rings is 1. The van der Waals surface area contributed by atoms with E-state index >= 15 is 0 Å². The van der Waals surface area contributed by atoms with Crippen molar-refractivity contribution in [3.8, 4) is 0 Å². The van der Waals surface area contributed by atoms with Crippen molar-refractivity contribution in [3.05, 3.63) is 18.0 Å². The van der Waals surface area contributed by atoms with E-state index in [-0.39, 0.29) is 29.7 Å². The van der Waals surface area contributed by atoms with Crippen LogP contribution in [0.3, 0.4) is 0 Å². The average molecular weight is 523 g/mol. The number of guanidine groups is 1. The number of aromatic nitrogens is 1. The summed E-state index contributed by atoms with van der Waals surface area (Å²) in [6, 6.07) is 1.59. The Morgan fingerprint density at radius 2 is 2.04 bits per heavy atom. The third kappa shape index (κ3) is 4.99. The maximum absolute atomic E-state index is 12.6. The van der Waals surface area contributed by atoms with Crippen LogP contribution in [0.2, 0.25) is 0 Å². The Labute approximate surface area is 184 Å². The molecule has 1 aliphatic heterocycles. The first kappa shape index (κ1) is 21.8. The fourth-order valence-corrected chi connectivity index (χ4v) is 5.40. The molecule has 0 spiro atoms. The maximum atomic E-state index is 12.6. The Morgan fingerprint density at radius 3 is 2.57 bits per heavy atom. The van der Waals surface area contributed by atoms with Crippen LogP contribution in [0.1, 0.15) is 38.3 Å². The highest BCUT2D eigenvalue weighted by molar-refractivity contribution is 14.0. The largest absolute Gasteiger partial charge is 0.364 e. The molecule has 3 fully saturated rings. The van der Waals surface area contributed by atoms with Crippen LogP contribution in [0.25, 0.3) is 0 Å². The van der Waals surface area contributed by atoms with Crippen molar-refractivity contribution in [1.29, 1.82) is 0 Å². The normalized spacial score (nSPS) is 22.6. The van der Waals surface area contributed by atoms with Gasteiger partial charge in [-0.2, -0.15) is 4.31 Å². The lowest BCUT2D eigenvalue weighted by molar-refractivity contribution is 0.259. The number of sulfonamides is 1. The summed E-state index contributed by atoms with van der Waals surface area (Å²) in [5.41, 5.74) is 0.922. The zero-order valence-electron chi connectivity index (χ0n) is 16.3. The van der Waals surface area contributed by atoms with E-state index in [0.29, 0.717) is 37.3 Å². The van der Waals surface area contributed by atoms with Gasteiger partial charge in [0.05, 0.1) is 5.69 Å². The third-order valence-corrected chi connectivity index (χ3v) is 7.78. The van der Waals surface area contributed by atoms with Gasteiger partial charge in [-0.15, -0.1) is 24.0 Å². The van der Waals surface area contributed by atoms with Gasteiger partial charge in [0.25, 0.3) is 0 Å². The minimum atomic E-state index is -3.37. The van der Waals surface area contributed by atoms with Crippen LogP contribution >= 0.6 is 24.0 Å². The molecule has 10 heteroatoms. The van der Waals surface area contributed by atoms with E-state index in [1.54, 1.807) is 10.4 Å². The quantitative estimate of drug-likeness (QED) is 0.334. The van der Waals surface area contributed by atoms with Crippen LogP contribution in [-0.4, -0.2) is 68.0 Å². The van der Waals surface area contributed by atoms with Gasteiger partial charge in [0.2, 0.25) is 10.0 Å². The lowest BCUT2D eigenvalue weighted by Gasteiger charge is -2.36. The molecule has 158 valence electrons. The van der Waals surface area contributed by atoms with E-state index in [2.05, 4.69) is 22.3 Å². The average Bonchev–Trinajstić information content (AvgIpc) is 3.57. The maximum Gasteiger partial charge on any atom is 0.220 e. The van der Waals surface area contributed by atoms with Crippen LogP contribution < -0.4 is 5.32 Å². The smallest absolute Gasteiger partial charge is 0.220 e. The zero-order valence-corrected chi connectivity index (χ0v) is 19.5. The first-order chi connectivity index (χ1) is 13.0. The molecule has 0 amide bonds. The molecule has 1 saturated heterocycles. The van der Waals surface area contributed by atoms with Crippen LogP contribution in [0.5, 0.6) is 0 Å². The molecule has 2 saturated carbocycles. The molecule has 0 unspecified atom stereocenters. The molecule has 4 rings (SSSR count). The summed E-state index contributed by atoms with van der Waals surface area (Å²) in [5, 5.41) is 7.10. The van der Waals surface area contributed by atoms with Crippen molar-refractivity contribution in [3.63, 3.8) is 0 Å². The summed E-state index contributed by atoms with van der Waals surface area (Å²) in [6.45, 7) is 6.05. The molecule has 28 heavy (non-hydrogen) atoms. The number of nitrogens with zero attached hydrogens (tertiary/aromatic N) is 4. The summed E-state index contributed by atoms with van der Waals surface area (Å²) in [5.74, 6) is 1.71. The first-order valence-corrected chi connectivity index (χ1v) is 11.5.